The highest BCUT2D eigenvalue weighted by molar-refractivity contribution is 5.92. The Morgan fingerprint density at radius 3 is 2.57 bits per heavy atom. The number of nitrogens with one attached hydrogen (secondary N) is 1. The molecule has 158 valence electrons. The second kappa shape index (κ2) is 12.7. The van der Waals surface area contributed by atoms with Crippen LogP contribution in [0.4, 0.5) is 0 Å². The van der Waals surface area contributed by atoms with Crippen molar-refractivity contribution >= 4 is 24.4 Å². The third-order valence-electron chi connectivity index (χ3n) is 4.98. The van der Waals surface area contributed by atoms with Crippen LogP contribution in [0.25, 0.3) is 6.08 Å². The molecular weight excluding hydrogens is 376 g/mol. The van der Waals surface area contributed by atoms with Crippen molar-refractivity contribution in [3.8, 4) is 11.5 Å². The van der Waals surface area contributed by atoms with E-state index in [2.05, 4.69) is 17.1 Å². The van der Waals surface area contributed by atoms with E-state index in [0.717, 1.165) is 43.0 Å². The fourth-order valence-electron chi connectivity index (χ4n) is 3.30. The second-order valence-corrected chi connectivity index (χ2v) is 7.71. The summed E-state index contributed by atoms with van der Waals surface area (Å²) in [5.74, 6) is 2.17. The standard InChI is InChI=1S/C22H34N2O3.ClH/c1-17-6-10-19(11-7-17)23-22(25)13-9-18-8-12-20(21(16-18)26-4)27-15-5-14-24(2)3;/h8-9,12-13,16-17,19H,5-7,10-11,14-15H2,1-4H3,(H,23,25);1H/t17-,19-;. The van der Waals surface area contributed by atoms with Gasteiger partial charge < -0.3 is 19.7 Å². The van der Waals surface area contributed by atoms with Crippen LogP contribution < -0.4 is 14.8 Å². The van der Waals surface area contributed by atoms with Crippen LogP contribution in [-0.2, 0) is 4.79 Å². The van der Waals surface area contributed by atoms with E-state index >= 15 is 0 Å². The van der Waals surface area contributed by atoms with Crippen molar-refractivity contribution in [2.24, 2.45) is 5.92 Å². The normalized spacial score (nSPS) is 19.3. The van der Waals surface area contributed by atoms with Gasteiger partial charge in [-0.1, -0.05) is 13.0 Å². The van der Waals surface area contributed by atoms with Crippen LogP contribution in [-0.4, -0.2) is 51.2 Å². The summed E-state index contributed by atoms with van der Waals surface area (Å²) in [4.78, 5) is 14.3. The number of carbonyl (C=O) groups excluding carboxylic acids is 1. The number of nitrogens with zero attached hydrogens (tertiary/aromatic N) is 1. The number of hydrogen-bond acceptors (Lipinski definition) is 4. The number of ether oxygens (including phenoxy) is 2. The Kier molecular flexibility index (Phi) is 11.0. The molecule has 0 atom stereocenters. The van der Waals surface area contributed by atoms with Crippen LogP contribution in [0.3, 0.4) is 0 Å². The van der Waals surface area contributed by atoms with Gasteiger partial charge in [-0.2, -0.15) is 0 Å². The minimum atomic E-state index is -0.0301. The number of benzene rings is 1. The van der Waals surface area contributed by atoms with Crippen LogP contribution >= 0.6 is 12.4 Å². The van der Waals surface area contributed by atoms with E-state index in [9.17, 15) is 4.79 Å². The van der Waals surface area contributed by atoms with Gasteiger partial charge in [-0.05, 0) is 75.9 Å². The summed E-state index contributed by atoms with van der Waals surface area (Å²) in [5, 5.41) is 3.11. The minimum absolute atomic E-state index is 0. The van der Waals surface area contributed by atoms with Gasteiger partial charge in [-0.15, -0.1) is 12.4 Å². The lowest BCUT2D eigenvalue weighted by Crippen LogP contribution is -2.36. The van der Waals surface area contributed by atoms with E-state index in [0.29, 0.717) is 18.4 Å². The van der Waals surface area contributed by atoms with Crippen LogP contribution in [0.1, 0.15) is 44.6 Å². The number of halogens is 1. The summed E-state index contributed by atoms with van der Waals surface area (Å²) in [7, 11) is 5.73. The summed E-state index contributed by atoms with van der Waals surface area (Å²) in [6.45, 7) is 3.91. The quantitative estimate of drug-likeness (QED) is 0.490. The van der Waals surface area contributed by atoms with Crippen molar-refractivity contribution in [3.05, 3.63) is 29.8 Å². The second-order valence-electron chi connectivity index (χ2n) is 7.71. The highest BCUT2D eigenvalue weighted by Gasteiger charge is 2.18. The zero-order chi connectivity index (χ0) is 19.6. The third-order valence-corrected chi connectivity index (χ3v) is 4.98. The fourth-order valence-corrected chi connectivity index (χ4v) is 3.30. The van der Waals surface area contributed by atoms with Gasteiger partial charge in [-0.25, -0.2) is 0 Å². The molecular formula is C22H35ClN2O3. The van der Waals surface area contributed by atoms with E-state index in [1.54, 1.807) is 13.2 Å². The molecule has 6 heteroatoms. The molecule has 1 aliphatic rings. The van der Waals surface area contributed by atoms with Gasteiger partial charge in [0.25, 0.3) is 0 Å². The lowest BCUT2D eigenvalue weighted by Gasteiger charge is -2.26. The molecule has 1 fully saturated rings. The molecule has 0 radical (unpaired) electrons. The number of hydrogen-bond donors (Lipinski definition) is 1. The van der Waals surface area contributed by atoms with Crippen LogP contribution in [0.15, 0.2) is 24.3 Å². The molecule has 1 saturated carbocycles. The van der Waals surface area contributed by atoms with E-state index < -0.39 is 0 Å². The molecule has 1 amide bonds. The van der Waals surface area contributed by atoms with Gasteiger partial charge >= 0.3 is 0 Å². The molecule has 0 spiro atoms. The summed E-state index contributed by atoms with van der Waals surface area (Å²) < 4.78 is 11.2. The highest BCUT2D eigenvalue weighted by Crippen LogP contribution is 2.28. The van der Waals surface area contributed by atoms with Gasteiger partial charge in [0.1, 0.15) is 0 Å². The molecule has 0 bridgehead atoms. The molecule has 1 aromatic carbocycles. The first kappa shape index (κ1) is 24.3. The molecule has 0 aromatic heterocycles. The largest absolute Gasteiger partial charge is 0.493 e. The predicted molar refractivity (Wildman–Crippen MR) is 118 cm³/mol. The number of carbonyl (C=O) groups is 1. The number of amides is 1. The van der Waals surface area contributed by atoms with Crippen molar-refractivity contribution in [3.63, 3.8) is 0 Å². The maximum Gasteiger partial charge on any atom is 0.244 e. The van der Waals surface area contributed by atoms with Gasteiger partial charge in [0.15, 0.2) is 11.5 Å². The number of rotatable bonds is 9. The number of methoxy groups -OCH3 is 1. The van der Waals surface area contributed by atoms with Gasteiger partial charge in [0.2, 0.25) is 5.91 Å². The van der Waals surface area contributed by atoms with E-state index in [1.807, 2.05) is 38.4 Å². The molecule has 0 heterocycles. The Morgan fingerprint density at radius 1 is 1.21 bits per heavy atom. The minimum Gasteiger partial charge on any atom is -0.493 e. The first-order valence-electron chi connectivity index (χ1n) is 9.92. The van der Waals surface area contributed by atoms with Crippen molar-refractivity contribution in [2.45, 2.75) is 45.1 Å². The molecule has 1 aromatic rings. The average molecular weight is 411 g/mol. The SMILES string of the molecule is COc1cc(C=CC(=O)N[C@H]2CC[C@H](C)CC2)ccc1OCCCN(C)C.Cl. The van der Waals surface area contributed by atoms with Crippen LogP contribution in [0, 0.1) is 5.92 Å². The van der Waals surface area contributed by atoms with E-state index in [4.69, 9.17) is 9.47 Å². The van der Waals surface area contributed by atoms with Gasteiger partial charge in [0.05, 0.1) is 13.7 Å². The molecule has 0 aliphatic heterocycles. The van der Waals surface area contributed by atoms with E-state index in [1.165, 1.54) is 12.8 Å². The first-order chi connectivity index (χ1) is 13.0. The molecule has 2 rings (SSSR count). The summed E-state index contributed by atoms with van der Waals surface area (Å²) >= 11 is 0. The van der Waals surface area contributed by atoms with Crippen molar-refractivity contribution in [1.29, 1.82) is 0 Å². The van der Waals surface area contributed by atoms with Gasteiger partial charge in [0, 0.05) is 18.7 Å². The monoisotopic (exact) mass is 410 g/mol. The van der Waals surface area contributed by atoms with E-state index in [-0.39, 0.29) is 18.3 Å². The molecule has 1 N–H and O–H groups in total. The third kappa shape index (κ3) is 8.53. The topological polar surface area (TPSA) is 50.8 Å². The predicted octanol–water partition coefficient (Wildman–Crippen LogP) is 4.16. The lowest BCUT2D eigenvalue weighted by molar-refractivity contribution is -0.117. The van der Waals surface area contributed by atoms with Crippen LogP contribution in [0.5, 0.6) is 11.5 Å². The molecule has 0 saturated heterocycles. The average Bonchev–Trinajstić information content (AvgIpc) is 2.65. The Morgan fingerprint density at radius 2 is 1.93 bits per heavy atom. The Balaban J connectivity index is 0.00000392. The van der Waals surface area contributed by atoms with Crippen molar-refractivity contribution < 1.29 is 14.3 Å². The summed E-state index contributed by atoms with van der Waals surface area (Å²) in [5.41, 5.74) is 0.917. The Bertz CT molecular complexity index is 626. The van der Waals surface area contributed by atoms with Crippen molar-refractivity contribution in [1.82, 2.24) is 10.2 Å². The van der Waals surface area contributed by atoms with Crippen molar-refractivity contribution in [2.75, 3.05) is 34.4 Å². The first-order valence-corrected chi connectivity index (χ1v) is 9.92. The van der Waals surface area contributed by atoms with Gasteiger partial charge in [-0.3, -0.25) is 4.79 Å². The highest BCUT2D eigenvalue weighted by atomic mass is 35.5. The Hall–Kier alpha value is -1.72. The molecule has 28 heavy (non-hydrogen) atoms. The van der Waals surface area contributed by atoms with Crippen LogP contribution in [0.2, 0.25) is 0 Å². The maximum absolute atomic E-state index is 12.2. The zero-order valence-electron chi connectivity index (χ0n) is 17.6. The molecule has 0 unspecified atom stereocenters. The lowest BCUT2D eigenvalue weighted by atomic mass is 9.87. The molecule has 5 nitrogen and oxygen atoms in total. The Labute approximate surface area is 175 Å². The fraction of sp³-hybridized carbons (Fsp3) is 0.591. The zero-order valence-corrected chi connectivity index (χ0v) is 18.4. The summed E-state index contributed by atoms with van der Waals surface area (Å²) in [6, 6.07) is 6.04. The molecule has 1 aliphatic carbocycles. The smallest absolute Gasteiger partial charge is 0.244 e. The summed E-state index contributed by atoms with van der Waals surface area (Å²) in [6.07, 6.45) is 8.92. The maximum atomic E-state index is 12.2.